The van der Waals surface area contributed by atoms with Gasteiger partial charge in [0.2, 0.25) is 23.6 Å². The maximum atomic E-state index is 13.1. The van der Waals surface area contributed by atoms with Crippen LogP contribution in [0.25, 0.3) is 0 Å². The van der Waals surface area contributed by atoms with Crippen LogP contribution in [-0.2, 0) is 35.2 Å². The van der Waals surface area contributed by atoms with Gasteiger partial charge in [0.05, 0.1) is 6.04 Å². The van der Waals surface area contributed by atoms with Gasteiger partial charge in [-0.05, 0) is 55.4 Å². The van der Waals surface area contributed by atoms with Crippen molar-refractivity contribution in [1.29, 1.82) is 0 Å². The highest BCUT2D eigenvalue weighted by Crippen LogP contribution is 2.11. The number of carbonyl (C=O) groups excluding carboxylic acids is 4. The lowest BCUT2D eigenvalue weighted by Crippen LogP contribution is -2.57. The van der Waals surface area contributed by atoms with Crippen molar-refractivity contribution in [1.82, 2.24) is 16.0 Å². The zero-order valence-electron chi connectivity index (χ0n) is 21.4. The first-order valence-corrected chi connectivity index (χ1v) is 13.4. The number of hydrogen-bond acceptors (Lipinski definition) is 9. The molecule has 10 N–H and O–H groups in total. The maximum absolute atomic E-state index is 13.1. The Hall–Kier alpha value is -3.85. The zero-order chi connectivity index (χ0) is 29.5. The van der Waals surface area contributed by atoms with E-state index in [1.54, 1.807) is 18.4 Å². The number of aromatic hydroxyl groups is 1. The third kappa shape index (κ3) is 13.0. The molecule has 15 heteroatoms. The minimum atomic E-state index is -1.41. The zero-order valence-corrected chi connectivity index (χ0v) is 22.2. The van der Waals surface area contributed by atoms with E-state index in [1.807, 2.05) is 0 Å². The van der Waals surface area contributed by atoms with Crippen molar-refractivity contribution < 1.29 is 44.1 Å². The van der Waals surface area contributed by atoms with Crippen LogP contribution in [0.4, 0.5) is 0 Å². The number of aliphatic carboxylic acids is 2. The minimum absolute atomic E-state index is 0.0241. The van der Waals surface area contributed by atoms with E-state index < -0.39 is 66.2 Å². The summed E-state index contributed by atoms with van der Waals surface area (Å²) >= 11 is 1.37. The fourth-order valence-corrected chi connectivity index (χ4v) is 3.86. The van der Waals surface area contributed by atoms with Gasteiger partial charge in [-0.1, -0.05) is 12.1 Å². The third-order valence-electron chi connectivity index (χ3n) is 5.55. The summed E-state index contributed by atoms with van der Waals surface area (Å²) in [6, 6.07) is 0.763. The van der Waals surface area contributed by atoms with Crippen molar-refractivity contribution in [3.8, 4) is 5.75 Å². The predicted molar refractivity (Wildman–Crippen MR) is 142 cm³/mol. The number of thioether (sulfide) groups is 1. The maximum Gasteiger partial charge on any atom is 0.326 e. The number of amides is 4. The molecule has 0 bridgehead atoms. The van der Waals surface area contributed by atoms with E-state index in [0.717, 1.165) is 0 Å². The Morgan fingerprint density at radius 2 is 1.33 bits per heavy atom. The number of primary amides is 1. The van der Waals surface area contributed by atoms with Crippen LogP contribution < -0.4 is 27.4 Å². The molecule has 0 saturated heterocycles. The van der Waals surface area contributed by atoms with Crippen LogP contribution in [0, 0.1) is 0 Å². The first-order valence-electron chi connectivity index (χ1n) is 12.0. The van der Waals surface area contributed by atoms with Crippen LogP contribution in [0.2, 0.25) is 0 Å². The van der Waals surface area contributed by atoms with Crippen LogP contribution >= 0.6 is 11.8 Å². The number of carbonyl (C=O) groups is 6. The van der Waals surface area contributed by atoms with E-state index in [2.05, 4.69) is 16.0 Å². The number of hydrogen-bond donors (Lipinski definition) is 8. The van der Waals surface area contributed by atoms with Gasteiger partial charge in [0.25, 0.3) is 0 Å². The van der Waals surface area contributed by atoms with Crippen LogP contribution in [0.1, 0.15) is 37.7 Å². The second kappa shape index (κ2) is 16.9. The van der Waals surface area contributed by atoms with Gasteiger partial charge in [0, 0.05) is 12.8 Å². The average molecular weight is 570 g/mol. The van der Waals surface area contributed by atoms with Gasteiger partial charge in [-0.2, -0.15) is 11.8 Å². The molecule has 0 radical (unpaired) electrons. The van der Waals surface area contributed by atoms with Gasteiger partial charge >= 0.3 is 11.9 Å². The van der Waals surface area contributed by atoms with E-state index >= 15 is 0 Å². The lowest BCUT2D eigenvalue weighted by molar-refractivity contribution is -0.142. The summed E-state index contributed by atoms with van der Waals surface area (Å²) in [4.78, 5) is 72.6. The van der Waals surface area contributed by atoms with Crippen LogP contribution in [0.3, 0.4) is 0 Å². The number of phenolic OH excluding ortho intramolecular Hbond substituents is 1. The van der Waals surface area contributed by atoms with E-state index in [0.29, 0.717) is 11.3 Å². The minimum Gasteiger partial charge on any atom is -0.508 e. The Balaban J connectivity index is 3.02. The second-order valence-corrected chi connectivity index (χ2v) is 9.70. The molecular weight excluding hydrogens is 534 g/mol. The number of benzene rings is 1. The van der Waals surface area contributed by atoms with Gasteiger partial charge in [-0.25, -0.2) is 4.79 Å². The monoisotopic (exact) mass is 569 g/mol. The highest BCUT2D eigenvalue weighted by Gasteiger charge is 2.30. The molecule has 14 nitrogen and oxygen atoms in total. The number of phenols is 1. The van der Waals surface area contributed by atoms with E-state index in [9.17, 15) is 39.0 Å². The molecule has 1 aromatic carbocycles. The number of nitrogens with two attached hydrogens (primary N) is 2. The van der Waals surface area contributed by atoms with Crippen molar-refractivity contribution in [2.24, 2.45) is 11.5 Å². The van der Waals surface area contributed by atoms with Crippen molar-refractivity contribution in [2.45, 2.75) is 62.7 Å². The van der Waals surface area contributed by atoms with Crippen molar-refractivity contribution in [3.05, 3.63) is 29.8 Å². The molecule has 39 heavy (non-hydrogen) atoms. The third-order valence-corrected chi connectivity index (χ3v) is 6.19. The summed E-state index contributed by atoms with van der Waals surface area (Å²) in [7, 11) is 0. The van der Waals surface area contributed by atoms with Gasteiger partial charge < -0.3 is 42.7 Å². The quantitative estimate of drug-likeness (QED) is 0.103. The largest absolute Gasteiger partial charge is 0.508 e. The Kier molecular flexibility index (Phi) is 14.4. The summed E-state index contributed by atoms with van der Waals surface area (Å²) < 4.78 is 0. The molecule has 4 atom stereocenters. The Labute approximate surface area is 229 Å². The fourth-order valence-electron chi connectivity index (χ4n) is 3.39. The normalized spacial score (nSPS) is 13.8. The second-order valence-electron chi connectivity index (χ2n) is 8.72. The standard InChI is InChI=1S/C24H35N5O9S/c1-39-11-10-18(24(37)38)29-23(36)16(6-8-19(26)31)28-22(35)17(7-9-20(32)33)27-21(34)15(25)12-13-2-4-14(30)5-3-13/h2-5,15-18,30H,6-12,25H2,1H3,(H2,26,31)(H,27,34)(H,28,35)(H,29,36)(H,32,33)(H,37,38). The number of carboxylic acids is 2. The number of rotatable bonds is 18. The van der Waals surface area contributed by atoms with Crippen LogP contribution in [0.5, 0.6) is 5.75 Å². The summed E-state index contributed by atoms with van der Waals surface area (Å²) in [5.74, 6) is -5.42. The number of nitrogens with one attached hydrogen (secondary N) is 3. The highest BCUT2D eigenvalue weighted by atomic mass is 32.2. The number of carboxylic acid groups (broad SMARTS) is 2. The summed E-state index contributed by atoms with van der Waals surface area (Å²) in [6.45, 7) is 0. The van der Waals surface area contributed by atoms with Gasteiger partial charge in [-0.15, -0.1) is 0 Å². The Morgan fingerprint density at radius 3 is 1.82 bits per heavy atom. The van der Waals surface area contributed by atoms with Crippen LogP contribution in [-0.4, -0.2) is 87.1 Å². The van der Waals surface area contributed by atoms with Crippen molar-refractivity contribution >= 4 is 47.3 Å². The van der Waals surface area contributed by atoms with Gasteiger partial charge in [0.1, 0.15) is 23.9 Å². The SMILES string of the molecule is CSCCC(NC(=O)C(CCC(N)=O)NC(=O)C(CCC(=O)O)NC(=O)C(N)Cc1ccc(O)cc1)C(=O)O. The molecule has 0 heterocycles. The van der Waals surface area contributed by atoms with Crippen molar-refractivity contribution in [3.63, 3.8) is 0 Å². The molecule has 1 rings (SSSR count). The summed E-state index contributed by atoms with van der Waals surface area (Å²) in [6.07, 6.45) is 0.504. The first-order chi connectivity index (χ1) is 18.3. The van der Waals surface area contributed by atoms with E-state index in [-0.39, 0.29) is 37.9 Å². The first kappa shape index (κ1) is 33.2. The lowest BCUT2D eigenvalue weighted by Gasteiger charge is -2.25. The molecule has 0 aliphatic rings. The topological polar surface area (TPSA) is 251 Å². The lowest BCUT2D eigenvalue weighted by atomic mass is 10.0. The molecule has 0 aliphatic carbocycles. The molecule has 0 spiro atoms. The molecular formula is C24H35N5O9S. The predicted octanol–water partition coefficient (Wildman–Crippen LogP) is -1.32. The molecule has 0 saturated carbocycles. The molecule has 4 unspecified atom stereocenters. The molecule has 4 amide bonds. The summed E-state index contributed by atoms with van der Waals surface area (Å²) in [5.41, 5.74) is 11.7. The van der Waals surface area contributed by atoms with E-state index in [4.69, 9.17) is 16.6 Å². The highest BCUT2D eigenvalue weighted by molar-refractivity contribution is 7.98. The Morgan fingerprint density at radius 1 is 0.821 bits per heavy atom. The van der Waals surface area contributed by atoms with Gasteiger partial charge in [-0.3, -0.25) is 24.0 Å². The molecule has 216 valence electrons. The molecule has 0 fully saturated rings. The Bertz CT molecular complexity index is 1020. The van der Waals surface area contributed by atoms with E-state index in [1.165, 1.54) is 23.9 Å². The van der Waals surface area contributed by atoms with Gasteiger partial charge in [0.15, 0.2) is 0 Å². The molecule has 1 aromatic rings. The summed E-state index contributed by atoms with van der Waals surface area (Å²) in [5, 5.41) is 34.9. The van der Waals surface area contributed by atoms with Crippen molar-refractivity contribution in [2.75, 3.05) is 12.0 Å². The average Bonchev–Trinajstić information content (AvgIpc) is 2.87. The molecule has 0 aromatic heterocycles. The fraction of sp³-hybridized carbons (Fsp3) is 0.500. The molecule has 0 aliphatic heterocycles. The smallest absolute Gasteiger partial charge is 0.326 e. The van der Waals surface area contributed by atoms with Crippen LogP contribution in [0.15, 0.2) is 24.3 Å².